The van der Waals surface area contributed by atoms with Gasteiger partial charge >= 0.3 is 0 Å². The fraction of sp³-hybridized carbons (Fsp3) is 1.00. The van der Waals surface area contributed by atoms with Crippen LogP contribution in [0.3, 0.4) is 0 Å². The molecule has 0 fully saturated rings. The van der Waals surface area contributed by atoms with Crippen LogP contribution in [0.15, 0.2) is 0 Å². The maximum atomic E-state index is 2.58. The summed E-state index contributed by atoms with van der Waals surface area (Å²) in [6.45, 7) is 14.5. The van der Waals surface area contributed by atoms with E-state index in [0.717, 1.165) is 11.8 Å². The molecule has 0 N–H and O–H groups in total. The lowest BCUT2D eigenvalue weighted by Gasteiger charge is -2.31. The Hall–Kier alpha value is 0. The maximum Gasteiger partial charge on any atom is -0.0326 e. The summed E-state index contributed by atoms with van der Waals surface area (Å²) >= 11 is 0. The Morgan fingerprint density at radius 1 is 0.583 bits per heavy atom. The van der Waals surface area contributed by atoms with Crippen molar-refractivity contribution in [3.63, 3.8) is 0 Å². The predicted octanol–water partition coefficient (Wildman–Crippen LogP) is 9.18. The van der Waals surface area contributed by atoms with E-state index in [1.807, 2.05) is 0 Å². The first kappa shape index (κ1) is 24.0. The van der Waals surface area contributed by atoms with E-state index in [0.29, 0.717) is 5.41 Å². The molecule has 0 aliphatic carbocycles. The zero-order valence-electron chi connectivity index (χ0n) is 18.3. The van der Waals surface area contributed by atoms with Crippen LogP contribution in [0.25, 0.3) is 0 Å². The molecule has 24 heavy (non-hydrogen) atoms. The zero-order valence-corrected chi connectivity index (χ0v) is 18.3. The Balaban J connectivity index is 4.01. The van der Waals surface area contributed by atoms with Gasteiger partial charge < -0.3 is 0 Å². The summed E-state index contributed by atoms with van der Waals surface area (Å²) in [5.41, 5.74) is 0.611. The molecular weight excluding hydrogens is 288 g/mol. The topological polar surface area (TPSA) is 0 Å². The van der Waals surface area contributed by atoms with Gasteiger partial charge in [0, 0.05) is 0 Å². The predicted molar refractivity (Wildman–Crippen MR) is 113 cm³/mol. The average Bonchev–Trinajstić information content (AvgIpc) is 2.53. The lowest BCUT2D eigenvalue weighted by molar-refractivity contribution is 0.211. The minimum atomic E-state index is 0.611. The van der Waals surface area contributed by atoms with E-state index in [1.165, 1.54) is 96.3 Å². The van der Waals surface area contributed by atoms with Crippen molar-refractivity contribution in [1.82, 2.24) is 0 Å². The van der Waals surface area contributed by atoms with E-state index in [4.69, 9.17) is 0 Å². The molecule has 0 aromatic rings. The van der Waals surface area contributed by atoms with Crippen LogP contribution in [0.5, 0.6) is 0 Å². The Bertz CT molecular complexity index is 255. The minimum Gasteiger partial charge on any atom is -0.0654 e. The second kappa shape index (κ2) is 15.3. The number of rotatable bonds is 17. The molecule has 0 saturated carbocycles. The van der Waals surface area contributed by atoms with E-state index >= 15 is 0 Å². The first-order chi connectivity index (χ1) is 11.4. The molecule has 2 unspecified atom stereocenters. The van der Waals surface area contributed by atoms with Gasteiger partial charge in [0.05, 0.1) is 0 Å². The fourth-order valence-corrected chi connectivity index (χ4v) is 3.93. The SMILES string of the molecule is CCCCCCCC(C)CCCC(C)(CCCCC)CCC(C)C. The smallest absolute Gasteiger partial charge is 0.0326 e. The highest BCUT2D eigenvalue weighted by atomic mass is 14.3. The summed E-state index contributed by atoms with van der Waals surface area (Å²) in [4.78, 5) is 0. The number of unbranched alkanes of at least 4 members (excludes halogenated alkanes) is 6. The molecule has 0 aromatic carbocycles. The third kappa shape index (κ3) is 14.4. The Kier molecular flexibility index (Phi) is 15.3. The highest BCUT2D eigenvalue weighted by Crippen LogP contribution is 2.37. The van der Waals surface area contributed by atoms with E-state index in [1.54, 1.807) is 0 Å². The van der Waals surface area contributed by atoms with Gasteiger partial charge in [-0.3, -0.25) is 0 Å². The van der Waals surface area contributed by atoms with Crippen LogP contribution < -0.4 is 0 Å². The van der Waals surface area contributed by atoms with Crippen molar-refractivity contribution < 1.29 is 0 Å². The van der Waals surface area contributed by atoms with Crippen LogP contribution in [-0.4, -0.2) is 0 Å². The molecule has 0 amide bonds. The lowest BCUT2D eigenvalue weighted by atomic mass is 9.74. The molecule has 0 aliphatic rings. The van der Waals surface area contributed by atoms with Gasteiger partial charge in [0.25, 0.3) is 0 Å². The summed E-state index contributed by atoms with van der Waals surface area (Å²) in [7, 11) is 0. The molecule has 0 heteroatoms. The van der Waals surface area contributed by atoms with Gasteiger partial charge in [0.1, 0.15) is 0 Å². The van der Waals surface area contributed by atoms with Crippen molar-refractivity contribution in [1.29, 1.82) is 0 Å². The standard InChI is InChI=1S/C24H50/c1-7-9-11-12-13-16-23(5)17-15-20-24(6,19-14-10-8-2)21-18-22(3)4/h22-23H,7-21H2,1-6H3. The van der Waals surface area contributed by atoms with Crippen LogP contribution in [0.4, 0.5) is 0 Å². The van der Waals surface area contributed by atoms with Crippen LogP contribution in [0, 0.1) is 17.3 Å². The molecule has 0 nitrogen and oxygen atoms in total. The second-order valence-electron chi connectivity index (χ2n) is 9.40. The van der Waals surface area contributed by atoms with Gasteiger partial charge in [0.15, 0.2) is 0 Å². The van der Waals surface area contributed by atoms with Gasteiger partial charge in [-0.1, -0.05) is 119 Å². The highest BCUT2D eigenvalue weighted by Gasteiger charge is 2.23. The van der Waals surface area contributed by atoms with Crippen molar-refractivity contribution in [2.75, 3.05) is 0 Å². The molecule has 0 bridgehead atoms. The van der Waals surface area contributed by atoms with Gasteiger partial charge in [-0.15, -0.1) is 0 Å². The molecule has 0 rings (SSSR count). The third-order valence-electron chi connectivity index (χ3n) is 5.99. The van der Waals surface area contributed by atoms with Crippen molar-refractivity contribution in [2.24, 2.45) is 17.3 Å². The van der Waals surface area contributed by atoms with Gasteiger partial charge in [-0.2, -0.15) is 0 Å². The van der Waals surface area contributed by atoms with E-state index in [-0.39, 0.29) is 0 Å². The highest BCUT2D eigenvalue weighted by molar-refractivity contribution is 4.75. The molecule has 0 spiro atoms. The van der Waals surface area contributed by atoms with E-state index < -0.39 is 0 Å². The average molecular weight is 339 g/mol. The first-order valence-electron chi connectivity index (χ1n) is 11.4. The third-order valence-corrected chi connectivity index (χ3v) is 5.99. The monoisotopic (exact) mass is 338 g/mol. The Morgan fingerprint density at radius 2 is 1.12 bits per heavy atom. The molecule has 0 heterocycles. The van der Waals surface area contributed by atoms with Crippen LogP contribution in [-0.2, 0) is 0 Å². The Morgan fingerprint density at radius 3 is 1.75 bits per heavy atom. The number of hydrogen-bond acceptors (Lipinski definition) is 0. The molecule has 0 aromatic heterocycles. The summed E-state index contributed by atoms with van der Waals surface area (Å²) in [5.74, 6) is 1.80. The quantitative estimate of drug-likeness (QED) is 0.232. The largest absolute Gasteiger partial charge is 0.0654 e. The van der Waals surface area contributed by atoms with Crippen LogP contribution in [0.1, 0.15) is 138 Å². The molecule has 146 valence electrons. The first-order valence-corrected chi connectivity index (χ1v) is 11.4. The van der Waals surface area contributed by atoms with Gasteiger partial charge in [-0.25, -0.2) is 0 Å². The van der Waals surface area contributed by atoms with E-state index in [2.05, 4.69) is 41.5 Å². The van der Waals surface area contributed by atoms with Gasteiger partial charge in [0.2, 0.25) is 0 Å². The summed E-state index contributed by atoms with van der Waals surface area (Å²) in [6, 6.07) is 0. The van der Waals surface area contributed by atoms with Crippen molar-refractivity contribution in [3.8, 4) is 0 Å². The maximum absolute atomic E-state index is 2.58. The molecule has 0 aliphatic heterocycles. The van der Waals surface area contributed by atoms with E-state index in [9.17, 15) is 0 Å². The van der Waals surface area contributed by atoms with Crippen molar-refractivity contribution >= 4 is 0 Å². The fourth-order valence-electron chi connectivity index (χ4n) is 3.93. The minimum absolute atomic E-state index is 0.611. The Labute approximate surface area is 155 Å². The second-order valence-corrected chi connectivity index (χ2v) is 9.40. The summed E-state index contributed by atoms with van der Waals surface area (Å²) in [6.07, 6.45) is 21.5. The molecule has 2 atom stereocenters. The molecular formula is C24H50. The normalized spacial score (nSPS) is 15.6. The number of hydrogen-bond donors (Lipinski definition) is 0. The summed E-state index contributed by atoms with van der Waals surface area (Å²) < 4.78 is 0. The summed E-state index contributed by atoms with van der Waals surface area (Å²) in [5, 5.41) is 0. The lowest BCUT2D eigenvalue weighted by Crippen LogP contribution is -2.18. The van der Waals surface area contributed by atoms with Crippen molar-refractivity contribution in [2.45, 2.75) is 138 Å². The molecule has 0 radical (unpaired) electrons. The zero-order chi connectivity index (χ0) is 18.3. The van der Waals surface area contributed by atoms with Crippen LogP contribution in [0.2, 0.25) is 0 Å². The van der Waals surface area contributed by atoms with Crippen LogP contribution >= 0.6 is 0 Å². The molecule has 0 saturated heterocycles. The van der Waals surface area contributed by atoms with Crippen molar-refractivity contribution in [3.05, 3.63) is 0 Å². The van der Waals surface area contributed by atoms with Gasteiger partial charge in [-0.05, 0) is 36.5 Å².